The average molecular weight is 304 g/mol. The highest BCUT2D eigenvalue weighted by Gasteiger charge is 2.22. The first-order valence-corrected chi connectivity index (χ1v) is 6.41. The normalized spacial score (nSPS) is 11.8. The highest BCUT2D eigenvalue weighted by Crippen LogP contribution is 2.25. The number of amides is 1. The van der Waals surface area contributed by atoms with E-state index in [1.165, 1.54) is 12.0 Å². The Morgan fingerprint density at radius 1 is 1.32 bits per heavy atom. The van der Waals surface area contributed by atoms with Gasteiger partial charge in [-0.05, 0) is 12.1 Å². The van der Waals surface area contributed by atoms with Crippen LogP contribution in [-0.2, 0) is 9.53 Å². The molecule has 1 aromatic rings. The SMILES string of the molecule is COC(=O)C(C)CN(C)C(=O)c1c(Cl)cccc1Cl. The molecule has 0 spiro atoms. The van der Waals surface area contributed by atoms with Crippen molar-refractivity contribution < 1.29 is 14.3 Å². The Labute approximate surface area is 122 Å². The summed E-state index contributed by atoms with van der Waals surface area (Å²) in [5.74, 6) is -1.11. The molecular formula is C13H15Cl2NO3. The van der Waals surface area contributed by atoms with Crippen LogP contribution in [0.3, 0.4) is 0 Å². The van der Waals surface area contributed by atoms with Gasteiger partial charge in [0.1, 0.15) is 0 Å². The largest absolute Gasteiger partial charge is 0.469 e. The smallest absolute Gasteiger partial charge is 0.310 e. The number of rotatable bonds is 4. The minimum Gasteiger partial charge on any atom is -0.469 e. The molecule has 0 bridgehead atoms. The molecule has 0 radical (unpaired) electrons. The molecule has 1 amide bonds. The van der Waals surface area contributed by atoms with Crippen molar-refractivity contribution in [2.45, 2.75) is 6.92 Å². The lowest BCUT2D eigenvalue weighted by atomic mass is 10.1. The molecule has 0 fully saturated rings. The maximum absolute atomic E-state index is 12.2. The summed E-state index contributed by atoms with van der Waals surface area (Å²) in [5, 5.41) is 0.574. The topological polar surface area (TPSA) is 46.6 Å². The second-order valence-electron chi connectivity index (χ2n) is 4.21. The van der Waals surface area contributed by atoms with Crippen LogP contribution in [0.25, 0.3) is 0 Å². The van der Waals surface area contributed by atoms with E-state index in [-0.39, 0.29) is 34.0 Å². The van der Waals surface area contributed by atoms with Crippen LogP contribution in [0, 0.1) is 5.92 Å². The van der Waals surface area contributed by atoms with E-state index in [1.54, 1.807) is 32.2 Å². The van der Waals surface area contributed by atoms with E-state index in [0.29, 0.717) is 0 Å². The Kier molecular flexibility index (Phi) is 5.63. The van der Waals surface area contributed by atoms with Crippen molar-refractivity contribution in [3.8, 4) is 0 Å². The first kappa shape index (κ1) is 15.8. The number of carbonyl (C=O) groups excluding carboxylic acids is 2. The Morgan fingerprint density at radius 2 is 1.84 bits per heavy atom. The molecule has 0 aromatic heterocycles. The molecule has 0 saturated carbocycles. The maximum atomic E-state index is 12.2. The summed E-state index contributed by atoms with van der Waals surface area (Å²) in [6, 6.07) is 4.86. The van der Waals surface area contributed by atoms with Gasteiger partial charge < -0.3 is 9.64 Å². The van der Waals surface area contributed by atoms with Gasteiger partial charge in [0.25, 0.3) is 5.91 Å². The summed E-state index contributed by atoms with van der Waals surface area (Å²) in [7, 11) is 2.90. The molecule has 104 valence electrons. The monoisotopic (exact) mass is 303 g/mol. The van der Waals surface area contributed by atoms with Gasteiger partial charge in [0.15, 0.2) is 0 Å². The lowest BCUT2D eigenvalue weighted by molar-refractivity contribution is -0.145. The van der Waals surface area contributed by atoms with Crippen molar-refractivity contribution >= 4 is 35.1 Å². The summed E-state index contributed by atoms with van der Waals surface area (Å²) < 4.78 is 4.62. The molecule has 0 heterocycles. The zero-order chi connectivity index (χ0) is 14.6. The Bertz CT molecular complexity index is 471. The van der Waals surface area contributed by atoms with Gasteiger partial charge in [-0.1, -0.05) is 36.2 Å². The number of esters is 1. The van der Waals surface area contributed by atoms with Crippen LogP contribution in [0.4, 0.5) is 0 Å². The lowest BCUT2D eigenvalue weighted by Crippen LogP contribution is -2.34. The molecule has 0 saturated heterocycles. The molecule has 6 heteroatoms. The van der Waals surface area contributed by atoms with Crippen LogP contribution < -0.4 is 0 Å². The minimum atomic E-state index is -0.416. The zero-order valence-corrected chi connectivity index (χ0v) is 12.5. The lowest BCUT2D eigenvalue weighted by Gasteiger charge is -2.21. The number of nitrogens with zero attached hydrogens (tertiary/aromatic N) is 1. The van der Waals surface area contributed by atoms with E-state index in [1.807, 2.05) is 0 Å². The third kappa shape index (κ3) is 3.85. The van der Waals surface area contributed by atoms with Crippen molar-refractivity contribution in [2.24, 2.45) is 5.92 Å². The molecule has 1 atom stereocenters. The number of hydrogen-bond acceptors (Lipinski definition) is 3. The van der Waals surface area contributed by atoms with Gasteiger partial charge in [-0.15, -0.1) is 0 Å². The molecule has 1 rings (SSSR count). The van der Waals surface area contributed by atoms with Gasteiger partial charge in [-0.25, -0.2) is 0 Å². The minimum absolute atomic E-state index is 0.229. The first-order valence-electron chi connectivity index (χ1n) is 5.65. The molecule has 0 aliphatic carbocycles. The third-order valence-electron chi connectivity index (χ3n) is 2.67. The predicted octanol–water partition coefficient (Wildman–Crippen LogP) is 2.87. The number of benzene rings is 1. The summed E-state index contributed by atoms with van der Waals surface area (Å²) in [6.45, 7) is 1.91. The molecule has 1 unspecified atom stereocenters. The molecular weight excluding hydrogens is 289 g/mol. The Hall–Kier alpha value is -1.26. The van der Waals surface area contributed by atoms with E-state index >= 15 is 0 Å². The summed E-state index contributed by atoms with van der Waals surface area (Å²) in [4.78, 5) is 25.0. The van der Waals surface area contributed by atoms with Gasteiger partial charge in [0, 0.05) is 13.6 Å². The van der Waals surface area contributed by atoms with Crippen molar-refractivity contribution in [3.05, 3.63) is 33.8 Å². The van der Waals surface area contributed by atoms with Crippen LogP contribution in [0.2, 0.25) is 10.0 Å². The van der Waals surface area contributed by atoms with Gasteiger partial charge >= 0.3 is 5.97 Å². The average Bonchev–Trinajstić information content (AvgIpc) is 2.37. The van der Waals surface area contributed by atoms with E-state index in [4.69, 9.17) is 23.2 Å². The van der Waals surface area contributed by atoms with E-state index in [9.17, 15) is 9.59 Å². The fraction of sp³-hybridized carbons (Fsp3) is 0.385. The number of carbonyl (C=O) groups is 2. The van der Waals surface area contributed by atoms with E-state index in [0.717, 1.165) is 0 Å². The van der Waals surface area contributed by atoms with Crippen LogP contribution in [-0.4, -0.2) is 37.5 Å². The number of ether oxygens (including phenoxy) is 1. The molecule has 19 heavy (non-hydrogen) atoms. The fourth-order valence-corrected chi connectivity index (χ4v) is 2.22. The Balaban J connectivity index is 2.86. The van der Waals surface area contributed by atoms with Gasteiger partial charge in [-0.3, -0.25) is 9.59 Å². The van der Waals surface area contributed by atoms with Crippen molar-refractivity contribution in [1.82, 2.24) is 4.90 Å². The molecule has 0 aliphatic heterocycles. The van der Waals surface area contributed by atoms with Crippen LogP contribution >= 0.6 is 23.2 Å². The molecule has 4 nitrogen and oxygen atoms in total. The van der Waals surface area contributed by atoms with Crippen molar-refractivity contribution in [1.29, 1.82) is 0 Å². The first-order chi connectivity index (χ1) is 8.88. The molecule has 0 aliphatic rings. The van der Waals surface area contributed by atoms with E-state index < -0.39 is 5.92 Å². The quantitative estimate of drug-likeness (QED) is 0.804. The maximum Gasteiger partial charge on any atom is 0.310 e. The second-order valence-corrected chi connectivity index (χ2v) is 5.02. The summed E-state index contributed by atoms with van der Waals surface area (Å²) in [5.41, 5.74) is 0.241. The van der Waals surface area contributed by atoms with Gasteiger partial charge in [0.05, 0.1) is 28.6 Å². The highest BCUT2D eigenvalue weighted by molar-refractivity contribution is 6.39. The predicted molar refractivity (Wildman–Crippen MR) is 74.6 cm³/mol. The van der Waals surface area contributed by atoms with Crippen molar-refractivity contribution in [2.75, 3.05) is 20.7 Å². The third-order valence-corrected chi connectivity index (χ3v) is 3.30. The van der Waals surface area contributed by atoms with E-state index in [2.05, 4.69) is 4.74 Å². The number of hydrogen-bond donors (Lipinski definition) is 0. The van der Waals surface area contributed by atoms with Crippen LogP contribution in [0.15, 0.2) is 18.2 Å². The molecule has 0 N–H and O–H groups in total. The number of halogens is 2. The highest BCUT2D eigenvalue weighted by atomic mass is 35.5. The zero-order valence-electron chi connectivity index (χ0n) is 10.9. The van der Waals surface area contributed by atoms with Gasteiger partial charge in [0.2, 0.25) is 0 Å². The van der Waals surface area contributed by atoms with Crippen molar-refractivity contribution in [3.63, 3.8) is 0 Å². The fourth-order valence-electron chi connectivity index (χ4n) is 1.66. The number of methoxy groups -OCH3 is 1. The molecule has 1 aromatic carbocycles. The standard InChI is InChI=1S/C13H15Cl2NO3/c1-8(13(18)19-3)7-16(2)12(17)11-9(14)5-4-6-10(11)15/h4-6,8H,7H2,1-3H3. The van der Waals surface area contributed by atoms with Crippen LogP contribution in [0.1, 0.15) is 17.3 Å². The Morgan fingerprint density at radius 3 is 2.32 bits per heavy atom. The second kappa shape index (κ2) is 6.78. The summed E-state index contributed by atoms with van der Waals surface area (Å²) >= 11 is 11.9. The van der Waals surface area contributed by atoms with Gasteiger partial charge in [-0.2, -0.15) is 0 Å². The summed E-state index contributed by atoms with van der Waals surface area (Å²) in [6.07, 6.45) is 0. The van der Waals surface area contributed by atoms with Crippen LogP contribution in [0.5, 0.6) is 0 Å².